The molecule has 1 nitrogen and oxygen atoms in total. The van der Waals surface area contributed by atoms with Crippen molar-refractivity contribution in [1.29, 1.82) is 0 Å². The lowest BCUT2D eigenvalue weighted by molar-refractivity contribution is 0.407. The van der Waals surface area contributed by atoms with Crippen molar-refractivity contribution in [2.45, 2.75) is 31.2 Å². The van der Waals surface area contributed by atoms with E-state index in [0.717, 1.165) is 6.54 Å². The van der Waals surface area contributed by atoms with E-state index < -0.39 is 0 Å². The Morgan fingerprint density at radius 1 is 0.895 bits per heavy atom. The number of rotatable bonds is 3. The quantitative estimate of drug-likeness (QED) is 0.876. The van der Waals surface area contributed by atoms with Crippen LogP contribution in [-0.2, 0) is 5.41 Å². The van der Waals surface area contributed by atoms with Crippen molar-refractivity contribution in [1.82, 2.24) is 5.32 Å². The van der Waals surface area contributed by atoms with Crippen LogP contribution >= 0.6 is 0 Å². The van der Waals surface area contributed by atoms with Gasteiger partial charge in [0.25, 0.3) is 0 Å². The van der Waals surface area contributed by atoms with Crippen LogP contribution in [0.15, 0.2) is 60.7 Å². The summed E-state index contributed by atoms with van der Waals surface area (Å²) in [6.07, 6.45) is 2.53. The molecule has 0 spiro atoms. The Bertz CT molecular complexity index is 472. The number of benzene rings is 2. The number of hydrogen-bond acceptors (Lipinski definition) is 1. The molecule has 0 aliphatic carbocycles. The highest BCUT2D eigenvalue weighted by Gasteiger charge is 2.38. The molecule has 0 amide bonds. The third kappa shape index (κ3) is 2.19. The van der Waals surface area contributed by atoms with Crippen molar-refractivity contribution in [3.63, 3.8) is 0 Å². The minimum absolute atomic E-state index is 0.0546. The van der Waals surface area contributed by atoms with Gasteiger partial charge in [-0.3, -0.25) is 0 Å². The molecular weight excluding hydrogens is 230 g/mol. The number of hydrogen-bond donors (Lipinski definition) is 1. The molecule has 0 aromatic heterocycles. The fourth-order valence-corrected chi connectivity index (χ4v) is 3.32. The van der Waals surface area contributed by atoms with Gasteiger partial charge in [0, 0.05) is 11.5 Å². The maximum absolute atomic E-state index is 3.69. The summed E-state index contributed by atoms with van der Waals surface area (Å²) in [6.45, 7) is 3.51. The summed E-state index contributed by atoms with van der Waals surface area (Å²) in [6, 6.07) is 22.3. The van der Waals surface area contributed by atoms with E-state index in [1.54, 1.807) is 0 Å². The summed E-state index contributed by atoms with van der Waals surface area (Å²) in [7, 11) is 0. The highest BCUT2D eigenvalue weighted by atomic mass is 15.0. The largest absolute Gasteiger partial charge is 0.313 e. The molecule has 1 aliphatic rings. The molecule has 0 bridgehead atoms. The van der Waals surface area contributed by atoms with Gasteiger partial charge in [-0.05, 0) is 37.4 Å². The van der Waals surface area contributed by atoms with Crippen molar-refractivity contribution in [3.8, 4) is 0 Å². The second kappa shape index (κ2) is 5.18. The van der Waals surface area contributed by atoms with Crippen molar-refractivity contribution in [2.75, 3.05) is 6.54 Å². The first-order valence-electron chi connectivity index (χ1n) is 7.16. The van der Waals surface area contributed by atoms with Crippen molar-refractivity contribution >= 4 is 0 Å². The topological polar surface area (TPSA) is 12.0 Å². The molecule has 1 N–H and O–H groups in total. The van der Waals surface area contributed by atoms with Gasteiger partial charge >= 0.3 is 0 Å². The normalized spacial score (nSPS) is 19.5. The Morgan fingerprint density at radius 3 is 1.84 bits per heavy atom. The predicted octanol–water partition coefficient (Wildman–Crippen LogP) is 3.74. The second-order valence-electron chi connectivity index (χ2n) is 5.58. The molecule has 98 valence electrons. The minimum Gasteiger partial charge on any atom is -0.313 e. The Balaban J connectivity index is 2.10. The van der Waals surface area contributed by atoms with E-state index in [0.29, 0.717) is 6.04 Å². The lowest BCUT2D eigenvalue weighted by atomic mass is 9.70. The zero-order chi connectivity index (χ0) is 13.1. The van der Waals surface area contributed by atoms with Crippen LogP contribution in [0.4, 0.5) is 0 Å². The summed E-state index contributed by atoms with van der Waals surface area (Å²) < 4.78 is 0. The molecule has 1 atom stereocenters. The minimum atomic E-state index is 0.0546. The average Bonchev–Trinajstić information content (AvgIpc) is 3.03. The molecule has 1 saturated heterocycles. The van der Waals surface area contributed by atoms with E-state index in [1.807, 2.05) is 0 Å². The molecule has 19 heavy (non-hydrogen) atoms. The Morgan fingerprint density at radius 2 is 1.42 bits per heavy atom. The molecule has 0 saturated carbocycles. The van der Waals surface area contributed by atoms with Gasteiger partial charge in [-0.2, -0.15) is 0 Å². The van der Waals surface area contributed by atoms with Crippen LogP contribution in [0.3, 0.4) is 0 Å². The molecular formula is C18H21N. The molecule has 1 fully saturated rings. The van der Waals surface area contributed by atoms with Crippen LogP contribution in [0.5, 0.6) is 0 Å². The van der Waals surface area contributed by atoms with E-state index >= 15 is 0 Å². The first-order valence-corrected chi connectivity index (χ1v) is 7.16. The summed E-state index contributed by atoms with van der Waals surface area (Å²) in [5.41, 5.74) is 2.86. The maximum atomic E-state index is 3.69. The summed E-state index contributed by atoms with van der Waals surface area (Å²) in [5, 5.41) is 3.69. The van der Waals surface area contributed by atoms with Crippen LogP contribution < -0.4 is 5.32 Å². The molecule has 0 unspecified atom stereocenters. The molecule has 1 aliphatic heterocycles. The molecule has 3 rings (SSSR count). The Hall–Kier alpha value is -1.60. The molecule has 1 heteroatoms. The van der Waals surface area contributed by atoms with Crippen molar-refractivity contribution in [3.05, 3.63) is 71.8 Å². The third-order valence-corrected chi connectivity index (χ3v) is 4.50. The first kappa shape index (κ1) is 12.4. The van der Waals surface area contributed by atoms with Crippen LogP contribution in [-0.4, -0.2) is 12.6 Å². The van der Waals surface area contributed by atoms with Gasteiger partial charge in [-0.15, -0.1) is 0 Å². The highest BCUT2D eigenvalue weighted by molar-refractivity contribution is 5.40. The monoisotopic (exact) mass is 251 g/mol. The lowest BCUT2D eigenvalue weighted by Crippen LogP contribution is -2.43. The van der Waals surface area contributed by atoms with Crippen molar-refractivity contribution in [2.24, 2.45) is 0 Å². The van der Waals surface area contributed by atoms with Crippen LogP contribution in [0.25, 0.3) is 0 Å². The van der Waals surface area contributed by atoms with Gasteiger partial charge in [0.15, 0.2) is 0 Å². The van der Waals surface area contributed by atoms with Gasteiger partial charge in [-0.1, -0.05) is 60.7 Å². The highest BCUT2D eigenvalue weighted by Crippen LogP contribution is 2.38. The zero-order valence-corrected chi connectivity index (χ0v) is 11.5. The second-order valence-corrected chi connectivity index (χ2v) is 5.58. The van der Waals surface area contributed by atoms with Gasteiger partial charge in [0.2, 0.25) is 0 Å². The van der Waals surface area contributed by atoms with Crippen LogP contribution in [0.1, 0.15) is 30.9 Å². The first-order chi connectivity index (χ1) is 9.32. The van der Waals surface area contributed by atoms with Gasteiger partial charge in [0.05, 0.1) is 0 Å². The fraction of sp³-hybridized carbons (Fsp3) is 0.333. The maximum Gasteiger partial charge on any atom is 0.0327 e. The summed E-state index contributed by atoms with van der Waals surface area (Å²) in [4.78, 5) is 0. The standard InChI is InChI=1S/C18H21N/c1-18(17-13-8-14-19-17,15-9-4-2-5-10-15)16-11-6-3-7-12-16/h2-7,9-12,17,19H,8,13-14H2,1H3/t17-/m1/s1. The van der Waals surface area contributed by atoms with Crippen LogP contribution in [0.2, 0.25) is 0 Å². The van der Waals surface area contributed by atoms with Crippen molar-refractivity contribution < 1.29 is 0 Å². The number of nitrogens with one attached hydrogen (secondary N) is 1. The zero-order valence-electron chi connectivity index (χ0n) is 11.5. The van der Waals surface area contributed by atoms with Gasteiger partial charge in [-0.25, -0.2) is 0 Å². The van der Waals surface area contributed by atoms with E-state index in [4.69, 9.17) is 0 Å². The van der Waals surface area contributed by atoms with E-state index in [2.05, 4.69) is 72.9 Å². The lowest BCUT2D eigenvalue weighted by Gasteiger charge is -2.37. The summed E-state index contributed by atoms with van der Waals surface area (Å²) in [5.74, 6) is 0. The predicted molar refractivity (Wildman–Crippen MR) is 80.4 cm³/mol. The van der Waals surface area contributed by atoms with Gasteiger partial charge in [0.1, 0.15) is 0 Å². The van der Waals surface area contributed by atoms with E-state index in [1.165, 1.54) is 24.0 Å². The third-order valence-electron chi connectivity index (χ3n) is 4.50. The molecule has 0 radical (unpaired) electrons. The smallest absolute Gasteiger partial charge is 0.0327 e. The molecule has 2 aromatic carbocycles. The van der Waals surface area contributed by atoms with Gasteiger partial charge < -0.3 is 5.32 Å². The Labute approximate surface area is 115 Å². The SMILES string of the molecule is CC(c1ccccc1)(c1ccccc1)[C@H]1CCCN1. The van der Waals surface area contributed by atoms with E-state index in [9.17, 15) is 0 Å². The average molecular weight is 251 g/mol. The summed E-state index contributed by atoms with van der Waals surface area (Å²) >= 11 is 0. The van der Waals surface area contributed by atoms with E-state index in [-0.39, 0.29) is 5.41 Å². The molecule has 1 heterocycles. The molecule has 2 aromatic rings. The fourth-order valence-electron chi connectivity index (χ4n) is 3.32. The Kier molecular flexibility index (Phi) is 3.39. The van der Waals surface area contributed by atoms with Crippen LogP contribution in [0, 0.1) is 0 Å².